The molecule has 1 amide bonds. The minimum atomic E-state index is -0.168. The van der Waals surface area contributed by atoms with Gasteiger partial charge >= 0.3 is 0 Å². The highest BCUT2D eigenvalue weighted by atomic mass is 32.1. The number of likely N-dealkylation sites (N-methyl/N-ethyl adjacent to an activating group) is 1. The predicted octanol–water partition coefficient (Wildman–Crippen LogP) is 4.63. The van der Waals surface area contributed by atoms with Crippen molar-refractivity contribution in [1.29, 1.82) is 0 Å². The maximum Gasteiger partial charge on any atom is 0.251 e. The van der Waals surface area contributed by atoms with Gasteiger partial charge in [-0.25, -0.2) is 14.5 Å². The van der Waals surface area contributed by atoms with Crippen LogP contribution in [-0.2, 0) is 0 Å². The number of carbonyl (C=O) groups excluding carboxylic acids is 1. The molecule has 5 aromatic rings. The molecular formula is C26H27N7O2S. The summed E-state index contributed by atoms with van der Waals surface area (Å²) in [5.74, 6) is -0.168. The molecule has 5 rings (SSSR count). The summed E-state index contributed by atoms with van der Waals surface area (Å²) in [6, 6.07) is 9.73. The van der Waals surface area contributed by atoms with Crippen LogP contribution >= 0.6 is 11.3 Å². The summed E-state index contributed by atoms with van der Waals surface area (Å²) in [7, 11) is 0. The van der Waals surface area contributed by atoms with Gasteiger partial charge in [-0.2, -0.15) is 5.10 Å². The molecule has 0 radical (unpaired) electrons. The Balaban J connectivity index is 1.53. The van der Waals surface area contributed by atoms with Crippen molar-refractivity contribution in [1.82, 2.24) is 35.0 Å². The largest absolute Gasteiger partial charge is 0.364 e. The lowest BCUT2D eigenvalue weighted by Gasteiger charge is -2.26. The normalized spacial score (nSPS) is 12.3. The van der Waals surface area contributed by atoms with E-state index in [0.717, 1.165) is 29.2 Å². The highest BCUT2D eigenvalue weighted by Crippen LogP contribution is 2.29. The Morgan fingerprint density at radius 2 is 1.97 bits per heavy atom. The van der Waals surface area contributed by atoms with Crippen LogP contribution in [0.4, 0.5) is 0 Å². The van der Waals surface area contributed by atoms with Crippen molar-refractivity contribution in [2.75, 3.05) is 19.6 Å². The molecule has 36 heavy (non-hydrogen) atoms. The SMILES string of the molecule is CCN(CC)C(C)CNC(=O)c1cc(-c2cnoc2)nc(-c2cnn3ccc(-c4cccs4)nc23)c1. The van der Waals surface area contributed by atoms with Crippen LogP contribution in [0.25, 0.3) is 38.7 Å². The molecular weight excluding hydrogens is 474 g/mol. The summed E-state index contributed by atoms with van der Waals surface area (Å²) in [4.78, 5) is 26.3. The molecule has 0 aliphatic heterocycles. The second-order valence-electron chi connectivity index (χ2n) is 8.44. The first-order valence-corrected chi connectivity index (χ1v) is 12.8. The van der Waals surface area contributed by atoms with E-state index in [1.165, 1.54) is 6.26 Å². The Bertz CT molecular complexity index is 1460. The number of hydrogen-bond acceptors (Lipinski definition) is 8. The molecule has 1 N–H and O–H groups in total. The molecule has 184 valence electrons. The van der Waals surface area contributed by atoms with Crippen LogP contribution in [0, 0.1) is 0 Å². The second kappa shape index (κ2) is 10.4. The fourth-order valence-electron chi connectivity index (χ4n) is 4.21. The summed E-state index contributed by atoms with van der Waals surface area (Å²) in [5, 5.41) is 13.4. The Morgan fingerprint density at radius 1 is 1.14 bits per heavy atom. The molecule has 0 saturated heterocycles. The number of hydrogen-bond donors (Lipinski definition) is 1. The van der Waals surface area contributed by atoms with Crippen molar-refractivity contribution < 1.29 is 9.32 Å². The molecule has 5 aromatic heterocycles. The standard InChI is InChI=1S/C26H27N7O2S/c1-4-32(5-2)17(3)13-27-26(34)18-11-22(19-14-29-35-16-19)30-23(12-18)20-15-28-33-9-8-21(31-25(20)33)24-7-6-10-36-24/h6-12,14-17H,4-5,13H2,1-3H3,(H,27,34). The van der Waals surface area contributed by atoms with Gasteiger partial charge in [0, 0.05) is 24.3 Å². The first-order chi connectivity index (χ1) is 17.6. The highest BCUT2D eigenvalue weighted by Gasteiger charge is 2.18. The fraction of sp³-hybridized carbons (Fsp3) is 0.269. The van der Waals surface area contributed by atoms with Gasteiger partial charge in [-0.05, 0) is 49.7 Å². The van der Waals surface area contributed by atoms with Crippen LogP contribution in [0.5, 0.6) is 0 Å². The maximum absolute atomic E-state index is 13.2. The molecule has 1 unspecified atom stereocenters. The average molecular weight is 502 g/mol. The van der Waals surface area contributed by atoms with Gasteiger partial charge in [-0.15, -0.1) is 11.3 Å². The number of nitrogens with one attached hydrogen (secondary N) is 1. The molecule has 9 nitrogen and oxygen atoms in total. The first kappa shape index (κ1) is 23.8. The smallest absolute Gasteiger partial charge is 0.251 e. The maximum atomic E-state index is 13.2. The third kappa shape index (κ3) is 4.77. The molecule has 0 aromatic carbocycles. The van der Waals surface area contributed by atoms with E-state index >= 15 is 0 Å². The molecule has 10 heteroatoms. The van der Waals surface area contributed by atoms with E-state index in [2.05, 4.69) is 41.2 Å². The zero-order valence-corrected chi connectivity index (χ0v) is 21.2. The highest BCUT2D eigenvalue weighted by molar-refractivity contribution is 7.13. The number of rotatable bonds is 9. The third-order valence-corrected chi connectivity index (χ3v) is 7.12. The zero-order chi connectivity index (χ0) is 25.1. The van der Waals surface area contributed by atoms with E-state index in [1.807, 2.05) is 29.8 Å². The fourth-order valence-corrected chi connectivity index (χ4v) is 4.90. The van der Waals surface area contributed by atoms with Gasteiger partial charge < -0.3 is 9.84 Å². The first-order valence-electron chi connectivity index (χ1n) is 11.9. The topological polar surface area (TPSA) is 101 Å². The molecule has 1 atom stereocenters. The predicted molar refractivity (Wildman–Crippen MR) is 140 cm³/mol. The van der Waals surface area contributed by atoms with E-state index in [-0.39, 0.29) is 11.9 Å². The summed E-state index contributed by atoms with van der Waals surface area (Å²) in [5.41, 5.74) is 4.63. The Hall–Kier alpha value is -3.89. The van der Waals surface area contributed by atoms with Crippen molar-refractivity contribution >= 4 is 22.9 Å². The lowest BCUT2D eigenvalue weighted by Crippen LogP contribution is -2.42. The molecule has 0 aliphatic rings. The van der Waals surface area contributed by atoms with Crippen LogP contribution in [-0.4, -0.2) is 61.2 Å². The Labute approximate surface area is 212 Å². The van der Waals surface area contributed by atoms with Gasteiger partial charge in [0.1, 0.15) is 6.26 Å². The van der Waals surface area contributed by atoms with Gasteiger partial charge in [0.05, 0.1) is 45.5 Å². The number of nitrogens with zero attached hydrogens (tertiary/aromatic N) is 6. The summed E-state index contributed by atoms with van der Waals surface area (Å²) in [6.45, 7) is 8.76. The van der Waals surface area contributed by atoms with Crippen LogP contribution in [0.3, 0.4) is 0 Å². The average Bonchev–Trinajstić information content (AvgIpc) is 3.69. The van der Waals surface area contributed by atoms with Crippen molar-refractivity contribution in [3.63, 3.8) is 0 Å². The molecule has 0 fully saturated rings. The lowest BCUT2D eigenvalue weighted by molar-refractivity contribution is 0.0938. The zero-order valence-electron chi connectivity index (χ0n) is 20.4. The van der Waals surface area contributed by atoms with Crippen molar-refractivity contribution in [2.24, 2.45) is 0 Å². The number of amides is 1. The summed E-state index contributed by atoms with van der Waals surface area (Å²) < 4.78 is 6.75. The van der Waals surface area contributed by atoms with E-state index in [0.29, 0.717) is 34.7 Å². The molecule has 0 aliphatic carbocycles. The number of carbonyl (C=O) groups is 1. The monoisotopic (exact) mass is 501 g/mol. The van der Waals surface area contributed by atoms with Gasteiger partial charge in [0.2, 0.25) is 0 Å². The molecule has 0 spiro atoms. The van der Waals surface area contributed by atoms with Crippen molar-refractivity contribution in [3.8, 4) is 33.1 Å². The van der Waals surface area contributed by atoms with E-state index in [1.54, 1.807) is 40.4 Å². The number of pyridine rings is 1. The number of aromatic nitrogens is 5. The van der Waals surface area contributed by atoms with Crippen LogP contribution in [0.2, 0.25) is 0 Å². The van der Waals surface area contributed by atoms with Gasteiger partial charge in [-0.1, -0.05) is 25.1 Å². The van der Waals surface area contributed by atoms with Crippen LogP contribution in [0.1, 0.15) is 31.1 Å². The van der Waals surface area contributed by atoms with Gasteiger partial charge in [-0.3, -0.25) is 9.69 Å². The van der Waals surface area contributed by atoms with E-state index < -0.39 is 0 Å². The third-order valence-electron chi connectivity index (χ3n) is 6.23. The van der Waals surface area contributed by atoms with Crippen LogP contribution in [0.15, 0.2) is 65.1 Å². The quantitative estimate of drug-likeness (QED) is 0.314. The Morgan fingerprint density at radius 3 is 2.69 bits per heavy atom. The molecule has 5 heterocycles. The van der Waals surface area contributed by atoms with Crippen molar-refractivity contribution in [2.45, 2.75) is 26.8 Å². The van der Waals surface area contributed by atoms with Crippen LogP contribution < -0.4 is 5.32 Å². The van der Waals surface area contributed by atoms with Crippen molar-refractivity contribution in [3.05, 3.63) is 66.1 Å². The van der Waals surface area contributed by atoms with Gasteiger partial charge in [0.25, 0.3) is 5.91 Å². The second-order valence-corrected chi connectivity index (χ2v) is 9.38. The summed E-state index contributed by atoms with van der Waals surface area (Å²) >= 11 is 1.63. The lowest BCUT2D eigenvalue weighted by atomic mass is 10.1. The van der Waals surface area contributed by atoms with E-state index in [9.17, 15) is 4.79 Å². The molecule has 0 saturated carbocycles. The van der Waals surface area contributed by atoms with E-state index in [4.69, 9.17) is 14.5 Å². The number of fused-ring (bicyclic) bond motifs is 1. The molecule has 0 bridgehead atoms. The minimum Gasteiger partial charge on any atom is -0.364 e. The van der Waals surface area contributed by atoms with Gasteiger partial charge in [0.15, 0.2) is 5.65 Å². The Kier molecular flexibility index (Phi) is 6.88. The minimum absolute atomic E-state index is 0.168. The number of thiophene rings is 1. The summed E-state index contributed by atoms with van der Waals surface area (Å²) in [6.07, 6.45) is 6.70.